The largest absolute Gasteiger partial charge is 0.748 e. The summed E-state index contributed by atoms with van der Waals surface area (Å²) in [6.45, 7) is 6.18. The molecule has 0 bridgehead atoms. The van der Waals surface area contributed by atoms with Crippen LogP contribution < -0.4 is 4.90 Å². The van der Waals surface area contributed by atoms with Crippen LogP contribution in [0.2, 0.25) is 0 Å². The molecule has 2 heterocycles. The quantitative estimate of drug-likeness (QED) is 0.0802. The smallest absolute Gasteiger partial charge is 0.303 e. The highest BCUT2D eigenvalue weighted by Gasteiger charge is 2.48. The van der Waals surface area contributed by atoms with Crippen LogP contribution in [0.5, 0.6) is 0 Å². The first kappa shape index (κ1) is 49.1. The van der Waals surface area contributed by atoms with Crippen molar-refractivity contribution < 1.29 is 72.3 Å². The van der Waals surface area contributed by atoms with E-state index in [1.807, 2.05) is 22.5 Å². The lowest BCUT2D eigenvalue weighted by Crippen LogP contribution is -2.33. The van der Waals surface area contributed by atoms with Crippen LogP contribution in [0, 0.1) is 0 Å². The van der Waals surface area contributed by atoms with Crippen molar-refractivity contribution in [3.63, 3.8) is 0 Å². The van der Waals surface area contributed by atoms with Crippen molar-refractivity contribution in [1.29, 1.82) is 0 Å². The van der Waals surface area contributed by atoms with Crippen LogP contribution in [0.4, 0.5) is 11.4 Å². The summed E-state index contributed by atoms with van der Waals surface area (Å²) >= 11 is 0. The maximum atomic E-state index is 12.2. The highest BCUT2D eigenvalue weighted by molar-refractivity contribution is 7.86. The van der Waals surface area contributed by atoms with Crippen LogP contribution in [-0.2, 0) is 64.9 Å². The standard InChI is InChI=1S/C40H56N2O15S3/c1-39(17-9-27-58(45,46)47)32-28-30(59(48,49)50)14-16-35(32)42(20-22-56-25-26-57-24-23-55-4)36(39)10-8-11-37-40(2,18-21-54-3)33-29-31(60(51,52)53)13-15-34(33)41(37)19-7-5-6-12-38(43)44/h8,10-11,13-16,28-29H,5-7,9,12,17-27H2,1-4H3,(H3-,43,44,45,46,47,48,49,50,51,52,53)/p-2. The number of carboxylic acid groups (broad SMARTS) is 1. The average Bonchev–Trinajstić information content (AvgIpc) is 3.53. The number of aliphatic carboxylic acids is 1. The van der Waals surface area contributed by atoms with Gasteiger partial charge in [-0.25, -0.2) is 25.3 Å². The maximum Gasteiger partial charge on any atom is 0.303 e. The second kappa shape index (κ2) is 21.0. The van der Waals surface area contributed by atoms with E-state index in [-0.39, 0.29) is 45.6 Å². The highest BCUT2D eigenvalue weighted by atomic mass is 32.2. The SMILES string of the molecule is COCCOCCOCC[N+]1=C(C=CC=C2N(CCCCCC(=O)O)c3ccc(S(=O)(=O)[O-])cc3C2(C)CCOC)C(C)(CCCS(=O)(=O)[O-])c2cc(S(=O)(=O)[O-])ccc21. The average molecular weight is 899 g/mol. The summed E-state index contributed by atoms with van der Waals surface area (Å²) in [4.78, 5) is 12.3. The van der Waals surface area contributed by atoms with E-state index in [2.05, 4.69) is 0 Å². The van der Waals surface area contributed by atoms with Gasteiger partial charge in [-0.3, -0.25) is 4.79 Å². The summed E-state index contributed by atoms with van der Waals surface area (Å²) in [5.41, 5.74) is 1.55. The van der Waals surface area contributed by atoms with E-state index in [1.165, 1.54) is 37.4 Å². The first-order valence-electron chi connectivity index (χ1n) is 19.5. The number of anilines is 1. The second-order valence-electron chi connectivity index (χ2n) is 15.1. The van der Waals surface area contributed by atoms with Crippen molar-refractivity contribution in [2.45, 2.75) is 79.4 Å². The molecule has 0 amide bonds. The van der Waals surface area contributed by atoms with Gasteiger partial charge in [-0.15, -0.1) is 0 Å². The molecular formula is C40H54N2O15S3-2. The Balaban J connectivity index is 1.86. The summed E-state index contributed by atoms with van der Waals surface area (Å²) in [6.07, 6.45) is 7.40. The van der Waals surface area contributed by atoms with Crippen LogP contribution in [0.25, 0.3) is 0 Å². The lowest BCUT2D eigenvalue weighted by atomic mass is 9.75. The van der Waals surface area contributed by atoms with E-state index >= 15 is 0 Å². The second-order valence-corrected chi connectivity index (χ2v) is 19.3. The van der Waals surface area contributed by atoms with E-state index in [0.717, 1.165) is 5.70 Å². The van der Waals surface area contributed by atoms with Gasteiger partial charge in [0, 0.05) is 74.1 Å². The van der Waals surface area contributed by atoms with Crippen LogP contribution in [-0.4, -0.2) is 133 Å². The molecular weight excluding hydrogens is 845 g/mol. The zero-order chi connectivity index (χ0) is 44.4. The third-order valence-corrected chi connectivity index (χ3v) is 13.4. The molecule has 17 nitrogen and oxygen atoms in total. The molecule has 2 aromatic carbocycles. The molecule has 0 fully saturated rings. The van der Waals surface area contributed by atoms with Crippen LogP contribution in [0.1, 0.15) is 69.9 Å². The molecule has 1 N–H and O–H groups in total. The molecule has 2 unspecified atom stereocenters. The number of carbonyl (C=O) groups is 1. The van der Waals surface area contributed by atoms with Crippen molar-refractivity contribution in [2.24, 2.45) is 0 Å². The Hall–Kier alpha value is -3.57. The van der Waals surface area contributed by atoms with Gasteiger partial charge in [-0.1, -0.05) is 12.5 Å². The zero-order valence-corrected chi connectivity index (χ0v) is 36.7. The molecule has 0 saturated carbocycles. The minimum atomic E-state index is -4.90. The fourth-order valence-corrected chi connectivity index (χ4v) is 9.36. The normalized spacial score (nSPS) is 20.1. The molecule has 0 saturated heterocycles. The molecule has 60 heavy (non-hydrogen) atoms. The fraction of sp³-hybridized carbons (Fsp3) is 0.550. The van der Waals surface area contributed by atoms with Crippen molar-refractivity contribution in [3.05, 3.63) is 71.5 Å². The van der Waals surface area contributed by atoms with E-state index in [9.17, 15) is 43.7 Å². The predicted octanol–water partition coefficient (Wildman–Crippen LogP) is 3.76. The number of nitrogens with zero attached hydrogens (tertiary/aromatic N) is 2. The van der Waals surface area contributed by atoms with Gasteiger partial charge in [0.05, 0.1) is 51.8 Å². The van der Waals surface area contributed by atoms with Gasteiger partial charge in [0.25, 0.3) is 0 Å². The van der Waals surface area contributed by atoms with Crippen LogP contribution in [0.3, 0.4) is 0 Å². The predicted molar refractivity (Wildman–Crippen MR) is 218 cm³/mol. The maximum absolute atomic E-state index is 12.2. The molecule has 0 radical (unpaired) electrons. The number of hydrogen-bond acceptors (Lipinski definition) is 15. The van der Waals surface area contributed by atoms with Crippen molar-refractivity contribution in [2.75, 3.05) is 77.6 Å². The summed E-state index contributed by atoms with van der Waals surface area (Å²) in [7, 11) is -11.2. The number of carboxylic acids is 1. The van der Waals surface area contributed by atoms with Gasteiger partial charge in [-0.05, 0) is 87.9 Å². The molecule has 334 valence electrons. The topological polar surface area (TPSA) is 252 Å². The minimum absolute atomic E-state index is 0.00472. The monoisotopic (exact) mass is 898 g/mol. The summed E-state index contributed by atoms with van der Waals surface area (Å²) in [6, 6.07) is 8.22. The van der Waals surface area contributed by atoms with E-state index < -0.39 is 62.7 Å². The number of benzene rings is 2. The minimum Gasteiger partial charge on any atom is -0.748 e. The number of ether oxygens (including phenoxy) is 4. The van der Waals surface area contributed by atoms with Gasteiger partial charge in [-0.2, -0.15) is 4.58 Å². The van der Waals surface area contributed by atoms with Gasteiger partial charge in [0.1, 0.15) is 26.8 Å². The van der Waals surface area contributed by atoms with E-state index in [4.69, 9.17) is 24.1 Å². The van der Waals surface area contributed by atoms with Crippen molar-refractivity contribution in [1.82, 2.24) is 0 Å². The number of hydrogen-bond donors (Lipinski definition) is 1. The molecule has 0 spiro atoms. The highest BCUT2D eigenvalue weighted by Crippen LogP contribution is 2.51. The van der Waals surface area contributed by atoms with Gasteiger partial charge in [0.2, 0.25) is 5.69 Å². The number of unbranched alkanes of at least 4 members (excludes halogenated alkanes) is 2. The van der Waals surface area contributed by atoms with Crippen LogP contribution in [0.15, 0.2) is 70.1 Å². The Morgan fingerprint density at radius 3 is 2.00 bits per heavy atom. The molecule has 0 aliphatic carbocycles. The number of rotatable bonds is 26. The van der Waals surface area contributed by atoms with Crippen molar-refractivity contribution >= 4 is 53.4 Å². The lowest BCUT2D eigenvalue weighted by Gasteiger charge is -2.30. The third kappa shape index (κ3) is 12.5. The van der Waals surface area contributed by atoms with E-state index in [0.29, 0.717) is 80.3 Å². The zero-order valence-electron chi connectivity index (χ0n) is 34.3. The Morgan fingerprint density at radius 1 is 0.767 bits per heavy atom. The summed E-state index contributed by atoms with van der Waals surface area (Å²) in [5.74, 6) is -1.58. The number of methoxy groups -OCH3 is 2. The first-order valence-corrected chi connectivity index (χ1v) is 23.9. The van der Waals surface area contributed by atoms with Crippen LogP contribution >= 0.6 is 0 Å². The molecule has 0 aromatic heterocycles. The molecule has 2 atom stereocenters. The Bertz CT molecular complexity index is 2270. The summed E-state index contributed by atoms with van der Waals surface area (Å²) < 4.78 is 132. The molecule has 2 aliphatic rings. The third-order valence-electron chi connectivity index (χ3n) is 10.9. The molecule has 2 aromatic rings. The Morgan fingerprint density at radius 2 is 1.38 bits per heavy atom. The molecule has 4 rings (SSSR count). The van der Waals surface area contributed by atoms with Gasteiger partial charge in [0.15, 0.2) is 12.3 Å². The Kier molecular flexibility index (Phi) is 17.2. The number of allylic oxidation sites excluding steroid dienone is 4. The fourth-order valence-electron chi connectivity index (χ4n) is 7.86. The summed E-state index contributed by atoms with van der Waals surface area (Å²) in [5, 5.41) is 9.16. The van der Waals surface area contributed by atoms with Gasteiger partial charge >= 0.3 is 5.97 Å². The van der Waals surface area contributed by atoms with Gasteiger partial charge < -0.3 is 42.6 Å². The number of fused-ring (bicyclic) bond motifs is 2. The lowest BCUT2D eigenvalue weighted by molar-refractivity contribution is -0.442. The molecule has 20 heteroatoms. The first-order chi connectivity index (χ1) is 28.2. The van der Waals surface area contributed by atoms with Crippen molar-refractivity contribution in [3.8, 4) is 0 Å². The molecule has 2 aliphatic heterocycles. The Labute approximate surface area is 352 Å². The van der Waals surface area contributed by atoms with E-state index in [1.54, 1.807) is 32.3 Å².